The maximum Gasteiger partial charge on any atom is 0.115 e. The van der Waals surface area contributed by atoms with Crippen LogP contribution in [0.2, 0.25) is 0 Å². The molecular formula is C19H24N4OS. The minimum absolute atomic E-state index is 0.322. The zero-order chi connectivity index (χ0) is 18.1. The summed E-state index contributed by atoms with van der Waals surface area (Å²) in [5, 5.41) is 17.5. The minimum atomic E-state index is 0.322. The van der Waals surface area contributed by atoms with Gasteiger partial charge in [-0.3, -0.25) is 4.90 Å². The summed E-state index contributed by atoms with van der Waals surface area (Å²) in [4.78, 5) is 5.57. The monoisotopic (exact) mass is 356 g/mol. The molecule has 2 aromatic carbocycles. The van der Waals surface area contributed by atoms with Crippen LogP contribution in [0, 0.1) is 11.3 Å². The van der Waals surface area contributed by atoms with Gasteiger partial charge in [-0.05, 0) is 30.3 Å². The molecule has 0 aliphatic carbocycles. The predicted octanol–water partition coefficient (Wildman–Crippen LogP) is 2.32. The molecule has 1 fully saturated rings. The van der Waals surface area contributed by atoms with Gasteiger partial charge in [0.2, 0.25) is 0 Å². The number of nitriles is 1. The second-order valence-corrected chi connectivity index (χ2v) is 6.25. The van der Waals surface area contributed by atoms with Crippen molar-refractivity contribution in [1.82, 2.24) is 4.90 Å². The van der Waals surface area contributed by atoms with Crippen LogP contribution in [0.4, 0.5) is 5.69 Å². The molecule has 3 rings (SSSR count). The SMILES string of the molecule is N#Cc1ccc(N2CCN(CCN)CC2)c(S)c1.Oc1ccccc1. The summed E-state index contributed by atoms with van der Waals surface area (Å²) in [5.74, 6) is 0.322. The Labute approximate surface area is 154 Å². The number of thiol groups is 1. The van der Waals surface area contributed by atoms with Gasteiger partial charge in [0.1, 0.15) is 5.75 Å². The third-order valence-electron chi connectivity index (χ3n) is 4.02. The lowest BCUT2D eigenvalue weighted by molar-refractivity contribution is 0.264. The van der Waals surface area contributed by atoms with Crippen LogP contribution in [-0.4, -0.2) is 49.3 Å². The molecule has 0 bridgehead atoms. The number of anilines is 1. The number of rotatable bonds is 3. The molecule has 6 heteroatoms. The van der Waals surface area contributed by atoms with E-state index in [2.05, 4.69) is 28.5 Å². The lowest BCUT2D eigenvalue weighted by Gasteiger charge is -2.36. The van der Waals surface area contributed by atoms with E-state index in [1.807, 2.05) is 24.3 Å². The molecule has 1 aliphatic rings. The Morgan fingerprint density at radius 3 is 2.24 bits per heavy atom. The molecule has 0 amide bonds. The number of para-hydroxylation sites is 1. The van der Waals surface area contributed by atoms with Crippen LogP contribution < -0.4 is 10.6 Å². The van der Waals surface area contributed by atoms with Crippen molar-refractivity contribution in [3.05, 3.63) is 54.1 Å². The van der Waals surface area contributed by atoms with Gasteiger partial charge in [0.05, 0.1) is 17.3 Å². The topological polar surface area (TPSA) is 76.5 Å². The molecule has 0 spiro atoms. The van der Waals surface area contributed by atoms with Gasteiger partial charge >= 0.3 is 0 Å². The smallest absolute Gasteiger partial charge is 0.115 e. The number of hydrogen-bond acceptors (Lipinski definition) is 6. The van der Waals surface area contributed by atoms with E-state index in [1.54, 1.807) is 24.3 Å². The van der Waals surface area contributed by atoms with Crippen LogP contribution in [0.5, 0.6) is 5.75 Å². The molecule has 5 nitrogen and oxygen atoms in total. The first-order valence-corrected chi connectivity index (χ1v) is 8.73. The van der Waals surface area contributed by atoms with Crippen molar-refractivity contribution < 1.29 is 5.11 Å². The first-order valence-electron chi connectivity index (χ1n) is 8.28. The van der Waals surface area contributed by atoms with Gasteiger partial charge in [-0.15, -0.1) is 12.6 Å². The number of phenolic OH excluding ortho intramolecular Hbond substituents is 1. The van der Waals surface area contributed by atoms with Gasteiger partial charge in [0.15, 0.2) is 0 Å². The van der Waals surface area contributed by atoms with Crippen LogP contribution in [0.1, 0.15) is 5.56 Å². The molecule has 0 atom stereocenters. The Bertz CT molecular complexity index is 694. The molecular weight excluding hydrogens is 332 g/mol. The largest absolute Gasteiger partial charge is 0.508 e. The number of nitrogens with two attached hydrogens (primary N) is 1. The fourth-order valence-corrected chi connectivity index (χ4v) is 3.04. The van der Waals surface area contributed by atoms with Gasteiger partial charge in [-0.1, -0.05) is 18.2 Å². The summed E-state index contributed by atoms with van der Waals surface area (Å²) in [5.41, 5.74) is 7.34. The quantitative estimate of drug-likeness (QED) is 0.736. The van der Waals surface area contributed by atoms with E-state index < -0.39 is 0 Å². The van der Waals surface area contributed by atoms with Crippen molar-refractivity contribution in [1.29, 1.82) is 5.26 Å². The van der Waals surface area contributed by atoms with Crippen LogP contribution in [-0.2, 0) is 0 Å². The Morgan fingerprint density at radius 1 is 1.08 bits per heavy atom. The van der Waals surface area contributed by atoms with E-state index in [-0.39, 0.29) is 0 Å². The first-order chi connectivity index (χ1) is 12.1. The molecule has 25 heavy (non-hydrogen) atoms. The van der Waals surface area contributed by atoms with Crippen LogP contribution in [0.3, 0.4) is 0 Å². The third kappa shape index (κ3) is 5.98. The molecule has 132 valence electrons. The minimum Gasteiger partial charge on any atom is -0.508 e. The molecule has 3 N–H and O–H groups in total. The van der Waals surface area contributed by atoms with E-state index >= 15 is 0 Å². The average Bonchev–Trinajstić information content (AvgIpc) is 2.64. The summed E-state index contributed by atoms with van der Waals surface area (Å²) in [6.45, 7) is 5.72. The molecule has 1 saturated heterocycles. The molecule has 0 radical (unpaired) electrons. The predicted molar refractivity (Wildman–Crippen MR) is 104 cm³/mol. The highest BCUT2D eigenvalue weighted by Crippen LogP contribution is 2.26. The lowest BCUT2D eigenvalue weighted by Crippen LogP contribution is -2.47. The standard InChI is InChI=1S/C13H18N4S.C6H6O/c14-3-4-16-5-7-17(8-6-16)12-2-1-11(10-15)9-13(12)18;7-6-4-2-1-3-5-6/h1-2,9,18H,3-8,14H2;1-5,7H. The van der Waals surface area contributed by atoms with Crippen LogP contribution in [0.25, 0.3) is 0 Å². The first kappa shape index (κ1) is 19.1. The third-order valence-corrected chi connectivity index (χ3v) is 4.38. The summed E-state index contributed by atoms with van der Waals surface area (Å²) >= 11 is 4.47. The normalized spacial score (nSPS) is 14.4. The second-order valence-electron chi connectivity index (χ2n) is 5.77. The Balaban J connectivity index is 0.000000269. The molecule has 0 saturated carbocycles. The summed E-state index contributed by atoms with van der Waals surface area (Å²) in [6.07, 6.45) is 0. The molecule has 0 aromatic heterocycles. The van der Waals surface area contributed by atoms with Gasteiger partial charge in [-0.2, -0.15) is 5.26 Å². The fourth-order valence-electron chi connectivity index (χ4n) is 2.68. The van der Waals surface area contributed by atoms with Crippen LogP contribution >= 0.6 is 12.6 Å². The van der Waals surface area contributed by atoms with Gasteiger partial charge in [-0.25, -0.2) is 0 Å². The van der Waals surface area contributed by atoms with Gasteiger partial charge in [0.25, 0.3) is 0 Å². The highest BCUT2D eigenvalue weighted by molar-refractivity contribution is 7.80. The van der Waals surface area contributed by atoms with Crippen molar-refractivity contribution in [2.24, 2.45) is 5.73 Å². The average molecular weight is 356 g/mol. The number of aromatic hydroxyl groups is 1. The summed E-state index contributed by atoms with van der Waals surface area (Å²) < 4.78 is 0. The zero-order valence-electron chi connectivity index (χ0n) is 14.2. The summed E-state index contributed by atoms with van der Waals surface area (Å²) in [6, 6.07) is 16.5. The Hall–Kier alpha value is -2.20. The van der Waals surface area contributed by atoms with E-state index in [9.17, 15) is 0 Å². The van der Waals surface area contributed by atoms with Crippen molar-refractivity contribution in [3.63, 3.8) is 0 Å². The number of nitrogens with zero attached hydrogens (tertiary/aromatic N) is 3. The number of benzene rings is 2. The summed E-state index contributed by atoms with van der Waals surface area (Å²) in [7, 11) is 0. The second kappa shape index (κ2) is 9.94. The van der Waals surface area contributed by atoms with E-state index in [4.69, 9.17) is 16.1 Å². The van der Waals surface area contributed by atoms with Gasteiger partial charge in [0, 0.05) is 44.2 Å². The van der Waals surface area contributed by atoms with Crippen molar-refractivity contribution in [3.8, 4) is 11.8 Å². The van der Waals surface area contributed by atoms with Gasteiger partial charge < -0.3 is 15.7 Å². The Morgan fingerprint density at radius 2 is 1.76 bits per heavy atom. The zero-order valence-corrected chi connectivity index (χ0v) is 15.1. The Kier molecular flexibility index (Phi) is 7.61. The maximum absolute atomic E-state index is 8.84. The number of hydrogen-bond donors (Lipinski definition) is 3. The van der Waals surface area contributed by atoms with Crippen molar-refractivity contribution in [2.45, 2.75) is 4.90 Å². The van der Waals surface area contributed by atoms with Crippen LogP contribution in [0.15, 0.2) is 53.4 Å². The van der Waals surface area contributed by atoms with E-state index in [1.165, 1.54) is 0 Å². The fraction of sp³-hybridized carbons (Fsp3) is 0.316. The lowest BCUT2D eigenvalue weighted by atomic mass is 10.2. The van der Waals surface area contributed by atoms with E-state index in [0.717, 1.165) is 43.3 Å². The number of piperazine rings is 1. The molecule has 1 heterocycles. The molecule has 2 aromatic rings. The van der Waals surface area contributed by atoms with E-state index in [0.29, 0.717) is 17.9 Å². The molecule has 1 aliphatic heterocycles. The van der Waals surface area contributed by atoms with Crippen molar-refractivity contribution in [2.75, 3.05) is 44.2 Å². The molecule has 0 unspecified atom stereocenters. The number of phenols is 1. The van der Waals surface area contributed by atoms with Crippen molar-refractivity contribution >= 4 is 18.3 Å². The highest BCUT2D eigenvalue weighted by Gasteiger charge is 2.17. The maximum atomic E-state index is 8.84. The highest BCUT2D eigenvalue weighted by atomic mass is 32.1.